The SMILES string of the molecule is NCCNCC1Cc2ccccc2O1. The van der Waals surface area contributed by atoms with Crippen LogP contribution in [0.3, 0.4) is 0 Å². The fraction of sp³-hybridized carbons (Fsp3) is 0.455. The first kappa shape index (κ1) is 9.49. The van der Waals surface area contributed by atoms with Gasteiger partial charge in [0.15, 0.2) is 0 Å². The fourth-order valence-corrected chi connectivity index (χ4v) is 1.73. The van der Waals surface area contributed by atoms with Crippen molar-refractivity contribution in [2.75, 3.05) is 19.6 Å². The van der Waals surface area contributed by atoms with Crippen molar-refractivity contribution in [3.63, 3.8) is 0 Å². The third-order valence-electron chi connectivity index (χ3n) is 2.41. The second-order valence-electron chi connectivity index (χ2n) is 3.54. The van der Waals surface area contributed by atoms with Crippen molar-refractivity contribution in [2.24, 2.45) is 5.73 Å². The van der Waals surface area contributed by atoms with Gasteiger partial charge in [-0.3, -0.25) is 0 Å². The number of hydrogen-bond donors (Lipinski definition) is 2. The predicted octanol–water partition coefficient (Wildman–Crippen LogP) is 0.538. The van der Waals surface area contributed by atoms with Crippen LogP contribution in [0.1, 0.15) is 5.56 Å². The molecule has 3 nitrogen and oxygen atoms in total. The molecule has 14 heavy (non-hydrogen) atoms. The lowest BCUT2D eigenvalue weighted by Gasteiger charge is -2.10. The van der Waals surface area contributed by atoms with E-state index in [1.807, 2.05) is 12.1 Å². The minimum absolute atomic E-state index is 0.277. The zero-order valence-electron chi connectivity index (χ0n) is 8.20. The lowest BCUT2D eigenvalue weighted by atomic mass is 10.1. The first-order chi connectivity index (χ1) is 6.90. The largest absolute Gasteiger partial charge is 0.488 e. The van der Waals surface area contributed by atoms with Crippen LogP contribution in [0.4, 0.5) is 0 Å². The molecule has 1 atom stereocenters. The summed E-state index contributed by atoms with van der Waals surface area (Å²) in [5, 5.41) is 3.26. The van der Waals surface area contributed by atoms with E-state index in [0.717, 1.165) is 25.3 Å². The highest BCUT2D eigenvalue weighted by molar-refractivity contribution is 5.37. The number of benzene rings is 1. The Morgan fingerprint density at radius 2 is 2.29 bits per heavy atom. The molecule has 3 heteroatoms. The third kappa shape index (κ3) is 2.05. The van der Waals surface area contributed by atoms with Gasteiger partial charge in [-0.2, -0.15) is 0 Å². The molecule has 0 aliphatic carbocycles. The average molecular weight is 192 g/mol. The van der Waals surface area contributed by atoms with Gasteiger partial charge in [-0.1, -0.05) is 18.2 Å². The summed E-state index contributed by atoms with van der Waals surface area (Å²) < 4.78 is 5.75. The number of nitrogens with two attached hydrogens (primary N) is 1. The molecule has 0 fully saturated rings. The molecule has 2 rings (SSSR count). The van der Waals surface area contributed by atoms with Crippen LogP contribution in [0.2, 0.25) is 0 Å². The van der Waals surface area contributed by atoms with Gasteiger partial charge in [-0.25, -0.2) is 0 Å². The van der Waals surface area contributed by atoms with Crippen molar-refractivity contribution >= 4 is 0 Å². The molecule has 1 aliphatic rings. The number of hydrogen-bond acceptors (Lipinski definition) is 3. The summed E-state index contributed by atoms with van der Waals surface area (Å²) in [5.74, 6) is 1.03. The number of rotatable bonds is 4. The Morgan fingerprint density at radius 1 is 1.43 bits per heavy atom. The summed E-state index contributed by atoms with van der Waals surface area (Å²) in [6.07, 6.45) is 1.28. The molecule has 1 heterocycles. The molecule has 3 N–H and O–H groups in total. The molecule has 76 valence electrons. The van der Waals surface area contributed by atoms with Crippen LogP contribution in [-0.4, -0.2) is 25.7 Å². The zero-order valence-corrected chi connectivity index (χ0v) is 8.20. The lowest BCUT2D eigenvalue weighted by molar-refractivity contribution is 0.228. The molecule has 1 aromatic carbocycles. The van der Waals surface area contributed by atoms with Crippen LogP contribution >= 0.6 is 0 Å². The molecule has 0 spiro atoms. The summed E-state index contributed by atoms with van der Waals surface area (Å²) in [7, 11) is 0. The van der Waals surface area contributed by atoms with Crippen LogP contribution in [0.15, 0.2) is 24.3 Å². The zero-order chi connectivity index (χ0) is 9.80. The maximum absolute atomic E-state index is 5.75. The van der Waals surface area contributed by atoms with Crippen molar-refractivity contribution in [3.8, 4) is 5.75 Å². The van der Waals surface area contributed by atoms with Crippen molar-refractivity contribution in [1.82, 2.24) is 5.32 Å². The number of ether oxygens (including phenoxy) is 1. The highest BCUT2D eigenvalue weighted by Gasteiger charge is 2.21. The number of para-hydroxylation sites is 1. The van der Waals surface area contributed by atoms with E-state index >= 15 is 0 Å². The second kappa shape index (κ2) is 4.44. The Morgan fingerprint density at radius 3 is 3.07 bits per heavy atom. The van der Waals surface area contributed by atoms with Crippen molar-refractivity contribution in [2.45, 2.75) is 12.5 Å². The van der Waals surface area contributed by atoms with Gasteiger partial charge >= 0.3 is 0 Å². The highest BCUT2D eigenvalue weighted by Crippen LogP contribution is 2.27. The van der Waals surface area contributed by atoms with E-state index in [2.05, 4.69) is 17.4 Å². The molecule has 0 saturated heterocycles. The van der Waals surface area contributed by atoms with Gasteiger partial charge in [0.25, 0.3) is 0 Å². The fourth-order valence-electron chi connectivity index (χ4n) is 1.73. The van der Waals surface area contributed by atoms with E-state index in [1.165, 1.54) is 5.56 Å². The number of fused-ring (bicyclic) bond motifs is 1. The van der Waals surface area contributed by atoms with Gasteiger partial charge in [-0.05, 0) is 11.6 Å². The van der Waals surface area contributed by atoms with Crippen LogP contribution in [0.5, 0.6) is 5.75 Å². The van der Waals surface area contributed by atoms with E-state index in [-0.39, 0.29) is 6.10 Å². The van der Waals surface area contributed by atoms with Gasteiger partial charge < -0.3 is 15.8 Å². The average Bonchev–Trinajstić information content (AvgIpc) is 2.60. The molecular formula is C11H16N2O. The second-order valence-corrected chi connectivity index (χ2v) is 3.54. The lowest BCUT2D eigenvalue weighted by Crippen LogP contribution is -2.33. The summed E-state index contributed by atoms with van der Waals surface area (Å²) >= 11 is 0. The van der Waals surface area contributed by atoms with Crippen LogP contribution < -0.4 is 15.8 Å². The predicted molar refractivity (Wildman–Crippen MR) is 56.5 cm³/mol. The molecule has 1 aromatic rings. The van der Waals surface area contributed by atoms with Gasteiger partial charge in [-0.15, -0.1) is 0 Å². The van der Waals surface area contributed by atoms with Crippen molar-refractivity contribution in [1.29, 1.82) is 0 Å². The normalized spacial score (nSPS) is 19.1. The van der Waals surface area contributed by atoms with Gasteiger partial charge in [0, 0.05) is 26.1 Å². The summed E-state index contributed by atoms with van der Waals surface area (Å²) in [6.45, 7) is 2.42. The molecule has 0 saturated carbocycles. The molecular weight excluding hydrogens is 176 g/mol. The van der Waals surface area contributed by atoms with E-state index in [0.29, 0.717) is 6.54 Å². The summed E-state index contributed by atoms with van der Waals surface area (Å²) in [4.78, 5) is 0. The standard InChI is InChI=1S/C11H16N2O/c12-5-6-13-8-10-7-9-3-1-2-4-11(9)14-10/h1-4,10,13H,5-8,12H2. The third-order valence-corrected chi connectivity index (χ3v) is 2.41. The van der Waals surface area contributed by atoms with Crippen molar-refractivity contribution in [3.05, 3.63) is 29.8 Å². The maximum atomic E-state index is 5.75. The van der Waals surface area contributed by atoms with E-state index in [9.17, 15) is 0 Å². The van der Waals surface area contributed by atoms with Crippen molar-refractivity contribution < 1.29 is 4.74 Å². The topological polar surface area (TPSA) is 47.3 Å². The maximum Gasteiger partial charge on any atom is 0.123 e. The smallest absolute Gasteiger partial charge is 0.123 e. The van der Waals surface area contributed by atoms with E-state index in [4.69, 9.17) is 10.5 Å². The highest BCUT2D eigenvalue weighted by atomic mass is 16.5. The van der Waals surface area contributed by atoms with E-state index in [1.54, 1.807) is 0 Å². The molecule has 1 unspecified atom stereocenters. The van der Waals surface area contributed by atoms with Gasteiger partial charge in [0.2, 0.25) is 0 Å². The summed E-state index contributed by atoms with van der Waals surface area (Å²) in [6, 6.07) is 8.21. The van der Waals surface area contributed by atoms with E-state index < -0.39 is 0 Å². The Kier molecular flexibility index (Phi) is 3.01. The molecule has 0 amide bonds. The van der Waals surface area contributed by atoms with Crippen LogP contribution in [-0.2, 0) is 6.42 Å². The first-order valence-corrected chi connectivity index (χ1v) is 5.05. The summed E-state index contributed by atoms with van der Waals surface area (Å²) in [5.41, 5.74) is 6.71. The Labute approximate surface area is 84.3 Å². The minimum Gasteiger partial charge on any atom is -0.488 e. The van der Waals surface area contributed by atoms with Crippen LogP contribution in [0, 0.1) is 0 Å². The Bertz CT molecular complexity index is 276. The molecule has 1 aliphatic heterocycles. The Balaban J connectivity index is 1.86. The van der Waals surface area contributed by atoms with Gasteiger partial charge in [0.1, 0.15) is 11.9 Å². The number of nitrogens with one attached hydrogen (secondary N) is 1. The molecule has 0 aromatic heterocycles. The Hall–Kier alpha value is -1.06. The minimum atomic E-state index is 0.277. The first-order valence-electron chi connectivity index (χ1n) is 5.05. The van der Waals surface area contributed by atoms with Gasteiger partial charge in [0.05, 0.1) is 0 Å². The monoisotopic (exact) mass is 192 g/mol. The molecule has 0 bridgehead atoms. The quantitative estimate of drug-likeness (QED) is 0.684. The van der Waals surface area contributed by atoms with Crippen LogP contribution in [0.25, 0.3) is 0 Å². The molecule has 0 radical (unpaired) electrons.